The van der Waals surface area contributed by atoms with Gasteiger partial charge >= 0.3 is 0 Å². The van der Waals surface area contributed by atoms with Crippen LogP contribution in [-0.2, 0) is 10.3 Å². The normalized spacial score (nSPS) is 22.8. The summed E-state index contributed by atoms with van der Waals surface area (Å²) in [5, 5.41) is 11.0. The number of rotatable bonds is 4. The topological polar surface area (TPSA) is 29.5 Å². The molecule has 0 spiro atoms. The molecule has 1 aliphatic rings. The monoisotopic (exact) mass is 439 g/mol. The van der Waals surface area contributed by atoms with Crippen molar-refractivity contribution in [3.05, 3.63) is 71.8 Å². The van der Waals surface area contributed by atoms with Crippen LogP contribution in [0.3, 0.4) is 0 Å². The molecule has 4 heteroatoms. The number of nitrogens with zero attached hydrogens (tertiary/aromatic N) is 1. The predicted molar refractivity (Wildman–Crippen MR) is 92.1 cm³/mol. The highest BCUT2D eigenvalue weighted by Gasteiger charge is 2.51. The highest BCUT2D eigenvalue weighted by molar-refractivity contribution is 5.39. The van der Waals surface area contributed by atoms with Crippen LogP contribution < -0.4 is 24.0 Å². The van der Waals surface area contributed by atoms with Gasteiger partial charge in [-0.15, -0.1) is 0 Å². The van der Waals surface area contributed by atoms with Crippen molar-refractivity contribution in [2.24, 2.45) is 0 Å². The van der Waals surface area contributed by atoms with Crippen LogP contribution >= 0.6 is 0 Å². The van der Waals surface area contributed by atoms with E-state index in [2.05, 4.69) is 21.1 Å². The molecule has 0 saturated carbocycles. The maximum Gasteiger partial charge on any atom is 0.145 e. The smallest absolute Gasteiger partial charge is 0.145 e. The molecule has 0 aromatic heterocycles. The molecule has 1 N–H and O–H groups in total. The van der Waals surface area contributed by atoms with Gasteiger partial charge in [-0.25, -0.2) is 0 Å². The lowest BCUT2D eigenvalue weighted by atomic mass is 9.82. The summed E-state index contributed by atoms with van der Waals surface area (Å²) in [6, 6.07) is 20.2. The molecule has 0 unspecified atom stereocenters. The first-order valence-electron chi connectivity index (χ1n) is 8.19. The minimum absolute atomic E-state index is 0. The quantitative estimate of drug-likeness (QED) is 0.528. The predicted octanol–water partition coefficient (Wildman–Crippen LogP) is -0.210. The van der Waals surface area contributed by atoms with E-state index in [0.717, 1.165) is 22.2 Å². The average molecular weight is 439 g/mol. The second-order valence-corrected chi connectivity index (χ2v) is 7.43. The molecule has 1 heterocycles. The Labute approximate surface area is 161 Å². The third-order valence-corrected chi connectivity index (χ3v) is 4.46. The molecule has 0 aliphatic carbocycles. The summed E-state index contributed by atoms with van der Waals surface area (Å²) < 4.78 is 7.36. The van der Waals surface area contributed by atoms with Crippen LogP contribution in [0.2, 0.25) is 0 Å². The molecule has 2 aromatic carbocycles. The highest BCUT2D eigenvalue weighted by Crippen LogP contribution is 2.45. The summed E-state index contributed by atoms with van der Waals surface area (Å²) in [5.41, 5.74) is 1.26. The number of likely N-dealkylation sites (N-methyl/N-ethyl adjacent to an activating group) is 1. The van der Waals surface area contributed by atoms with Crippen molar-refractivity contribution in [1.82, 2.24) is 0 Å². The number of hydrogen-bond acceptors (Lipinski definition) is 2. The molecule has 2 atom stereocenters. The molecule has 0 bridgehead atoms. The maximum atomic E-state index is 11.0. The summed E-state index contributed by atoms with van der Waals surface area (Å²) in [6.45, 7) is 0.873. The van der Waals surface area contributed by atoms with Crippen molar-refractivity contribution >= 4 is 0 Å². The fourth-order valence-electron chi connectivity index (χ4n) is 3.59. The average Bonchev–Trinajstić information content (AvgIpc) is 2.84. The number of halogens is 1. The van der Waals surface area contributed by atoms with Crippen LogP contribution in [0.15, 0.2) is 60.7 Å². The van der Waals surface area contributed by atoms with Crippen molar-refractivity contribution < 1.29 is 38.3 Å². The van der Waals surface area contributed by atoms with E-state index in [4.69, 9.17) is 4.74 Å². The van der Waals surface area contributed by atoms with Crippen molar-refractivity contribution in [2.45, 2.75) is 24.2 Å². The number of aliphatic hydroxyl groups is 1. The van der Waals surface area contributed by atoms with Gasteiger partial charge in [0.2, 0.25) is 0 Å². The summed E-state index contributed by atoms with van der Waals surface area (Å²) >= 11 is 0. The minimum Gasteiger partial charge on any atom is -1.00 e. The van der Waals surface area contributed by atoms with E-state index in [9.17, 15) is 5.11 Å². The molecule has 1 saturated heterocycles. The molecule has 3 nitrogen and oxygen atoms in total. The Morgan fingerprint density at radius 1 is 0.958 bits per heavy atom. The fourth-order valence-corrected chi connectivity index (χ4v) is 3.59. The summed E-state index contributed by atoms with van der Waals surface area (Å²) in [5.74, 6) is 0. The Hall–Kier alpha value is -0.950. The third-order valence-electron chi connectivity index (χ3n) is 4.46. The molecule has 1 aliphatic heterocycles. The van der Waals surface area contributed by atoms with Gasteiger partial charge in [0, 0.05) is 6.42 Å². The van der Waals surface area contributed by atoms with Gasteiger partial charge in [0.25, 0.3) is 0 Å². The van der Waals surface area contributed by atoms with E-state index in [-0.39, 0.29) is 30.1 Å². The molecular formula is C20H26INO2. The van der Waals surface area contributed by atoms with Gasteiger partial charge in [-0.2, -0.15) is 0 Å². The summed E-state index contributed by atoms with van der Waals surface area (Å²) in [6.07, 6.45) is 0.133. The van der Waals surface area contributed by atoms with E-state index in [1.807, 2.05) is 60.7 Å². The maximum absolute atomic E-state index is 11.0. The molecule has 3 rings (SSSR count). The molecule has 24 heavy (non-hydrogen) atoms. The zero-order valence-corrected chi connectivity index (χ0v) is 16.7. The van der Waals surface area contributed by atoms with Gasteiger partial charge < -0.3 is 38.3 Å². The third kappa shape index (κ3) is 3.82. The Kier molecular flexibility index (Phi) is 6.07. The first-order chi connectivity index (χ1) is 10.9. The first kappa shape index (κ1) is 19.4. The summed E-state index contributed by atoms with van der Waals surface area (Å²) in [7, 11) is 6.46. The van der Waals surface area contributed by atoms with E-state index in [0.29, 0.717) is 6.42 Å². The SMILES string of the molecule is C[N+](C)(C)C[C@@H]1C[C@@H](O)C(c2ccccc2)(c2ccccc2)O1.[I-]. The Morgan fingerprint density at radius 2 is 1.42 bits per heavy atom. The lowest BCUT2D eigenvalue weighted by molar-refractivity contribution is -0.873. The van der Waals surface area contributed by atoms with Gasteiger partial charge in [-0.05, 0) is 11.1 Å². The van der Waals surface area contributed by atoms with Gasteiger partial charge in [-0.3, -0.25) is 0 Å². The molecule has 0 radical (unpaired) electrons. The number of aliphatic hydroxyl groups excluding tert-OH is 1. The van der Waals surface area contributed by atoms with Crippen LogP contribution in [0.4, 0.5) is 0 Å². The molecule has 0 amide bonds. The fraction of sp³-hybridized carbons (Fsp3) is 0.400. The number of benzene rings is 2. The van der Waals surface area contributed by atoms with E-state index < -0.39 is 11.7 Å². The minimum atomic E-state index is -0.775. The van der Waals surface area contributed by atoms with Crippen LogP contribution in [0.25, 0.3) is 0 Å². The number of ether oxygens (including phenoxy) is 1. The Bertz CT molecular complexity index is 600. The van der Waals surface area contributed by atoms with Crippen molar-refractivity contribution in [3.63, 3.8) is 0 Å². The molecular weight excluding hydrogens is 413 g/mol. The summed E-state index contributed by atoms with van der Waals surface area (Å²) in [4.78, 5) is 0. The van der Waals surface area contributed by atoms with Crippen molar-refractivity contribution in [1.29, 1.82) is 0 Å². The van der Waals surface area contributed by atoms with Gasteiger partial charge in [-0.1, -0.05) is 60.7 Å². The van der Waals surface area contributed by atoms with E-state index in [1.165, 1.54) is 0 Å². The second kappa shape index (κ2) is 7.52. The second-order valence-electron chi connectivity index (χ2n) is 7.43. The van der Waals surface area contributed by atoms with Gasteiger partial charge in [0.1, 0.15) is 18.2 Å². The Morgan fingerprint density at radius 3 is 1.83 bits per heavy atom. The van der Waals surface area contributed by atoms with Crippen LogP contribution in [0.5, 0.6) is 0 Å². The lowest BCUT2D eigenvalue weighted by Crippen LogP contribution is -3.00. The van der Waals surface area contributed by atoms with Crippen LogP contribution in [0.1, 0.15) is 17.5 Å². The van der Waals surface area contributed by atoms with Crippen LogP contribution in [0, 0.1) is 0 Å². The largest absolute Gasteiger partial charge is 1.00 e. The number of hydrogen-bond donors (Lipinski definition) is 1. The van der Waals surface area contributed by atoms with Crippen LogP contribution in [-0.4, -0.2) is 49.5 Å². The first-order valence-corrected chi connectivity index (χ1v) is 8.19. The molecule has 130 valence electrons. The standard InChI is InChI=1S/C20H26NO2.HI/c1-21(2,3)15-18-14-19(22)20(23-18,16-10-6-4-7-11-16)17-12-8-5-9-13-17;/h4-13,18-19,22H,14-15H2,1-3H3;1H/q+1;/p-1/t18-,19+;/m0./s1. The van der Waals surface area contributed by atoms with Crippen molar-refractivity contribution in [3.8, 4) is 0 Å². The van der Waals surface area contributed by atoms with E-state index in [1.54, 1.807) is 0 Å². The van der Waals surface area contributed by atoms with Crippen molar-refractivity contribution in [2.75, 3.05) is 27.7 Å². The highest BCUT2D eigenvalue weighted by atomic mass is 127. The molecule has 2 aromatic rings. The Balaban J connectivity index is 0.00000208. The van der Waals surface area contributed by atoms with E-state index >= 15 is 0 Å². The number of quaternary nitrogens is 1. The zero-order valence-electron chi connectivity index (χ0n) is 14.5. The van der Waals surface area contributed by atoms with Gasteiger partial charge in [0.15, 0.2) is 0 Å². The lowest BCUT2D eigenvalue weighted by Gasteiger charge is -2.34. The zero-order chi connectivity index (χ0) is 16.5. The molecule has 1 fully saturated rings. The van der Waals surface area contributed by atoms with Gasteiger partial charge in [0.05, 0.1) is 27.2 Å².